The number of ether oxygens (including phenoxy) is 1. The molecule has 0 aliphatic heterocycles. The molecule has 0 radical (unpaired) electrons. The van der Waals surface area contributed by atoms with Gasteiger partial charge in [-0.25, -0.2) is 14.3 Å². The molecule has 2 heterocycles. The first kappa shape index (κ1) is 18.4. The number of hydrogen-bond acceptors (Lipinski definition) is 4. The summed E-state index contributed by atoms with van der Waals surface area (Å²) in [6, 6.07) is 17.1. The van der Waals surface area contributed by atoms with Crippen molar-refractivity contribution in [3.05, 3.63) is 87.3 Å². The van der Waals surface area contributed by atoms with Crippen LogP contribution in [-0.2, 0) is 0 Å². The van der Waals surface area contributed by atoms with Crippen LogP contribution in [0.15, 0.2) is 70.5 Å². The zero-order valence-corrected chi connectivity index (χ0v) is 16.9. The smallest absolute Gasteiger partial charge is 0.337 e. The van der Waals surface area contributed by atoms with Crippen molar-refractivity contribution in [2.75, 3.05) is 7.11 Å². The Morgan fingerprint density at radius 1 is 1.03 bits per heavy atom. The van der Waals surface area contributed by atoms with E-state index in [1.54, 1.807) is 25.6 Å². The fourth-order valence-corrected chi connectivity index (χ4v) is 3.99. The van der Waals surface area contributed by atoms with Gasteiger partial charge >= 0.3 is 5.69 Å². The molecule has 7 nitrogen and oxygen atoms in total. The molecule has 0 bridgehead atoms. The van der Waals surface area contributed by atoms with Crippen LogP contribution in [0.3, 0.4) is 0 Å². The first-order chi connectivity index (χ1) is 14.6. The number of methoxy groups -OCH3 is 1. The molecule has 2 aromatic heterocycles. The van der Waals surface area contributed by atoms with Crippen molar-refractivity contribution in [3.63, 3.8) is 0 Å². The Morgan fingerprint density at radius 2 is 1.73 bits per heavy atom. The van der Waals surface area contributed by atoms with Gasteiger partial charge in [0, 0.05) is 6.04 Å². The molecule has 1 saturated carbocycles. The van der Waals surface area contributed by atoms with Crippen molar-refractivity contribution in [1.82, 2.24) is 18.7 Å². The molecule has 1 aliphatic rings. The lowest BCUT2D eigenvalue weighted by atomic mass is 10.1. The van der Waals surface area contributed by atoms with Crippen LogP contribution in [0.1, 0.15) is 37.4 Å². The van der Waals surface area contributed by atoms with Crippen LogP contribution in [0.25, 0.3) is 16.9 Å². The third-order valence-electron chi connectivity index (χ3n) is 5.74. The summed E-state index contributed by atoms with van der Waals surface area (Å²) < 4.78 is 10.2. The van der Waals surface area contributed by atoms with Gasteiger partial charge in [0.15, 0.2) is 11.2 Å². The second kappa shape index (κ2) is 7.02. The average Bonchev–Trinajstić information content (AvgIpc) is 3.51. The second-order valence-corrected chi connectivity index (χ2v) is 7.61. The molecular weight excluding hydrogens is 380 g/mol. The number of aromatic nitrogens is 4. The third-order valence-corrected chi connectivity index (χ3v) is 5.74. The van der Waals surface area contributed by atoms with Gasteiger partial charge in [0.05, 0.1) is 25.2 Å². The summed E-state index contributed by atoms with van der Waals surface area (Å²) in [5.41, 5.74) is 1.73. The lowest BCUT2D eigenvalue weighted by molar-refractivity contribution is 0.412. The number of nitrogens with zero attached hydrogens (tertiary/aromatic N) is 4. The molecule has 152 valence electrons. The molecule has 4 aromatic rings. The largest absolute Gasteiger partial charge is 0.495 e. The normalized spacial score (nSPS) is 14.7. The van der Waals surface area contributed by atoms with E-state index in [2.05, 4.69) is 4.98 Å². The number of benzene rings is 2. The number of imidazole rings is 1. The van der Waals surface area contributed by atoms with Crippen LogP contribution in [-0.4, -0.2) is 25.8 Å². The zero-order chi connectivity index (χ0) is 20.8. The number of fused-ring (bicyclic) bond motifs is 1. The first-order valence-corrected chi connectivity index (χ1v) is 10.0. The summed E-state index contributed by atoms with van der Waals surface area (Å²) in [6.07, 6.45) is 3.30. The van der Waals surface area contributed by atoms with Crippen molar-refractivity contribution in [1.29, 1.82) is 0 Å². The Hall–Kier alpha value is -3.61. The lowest BCUT2D eigenvalue weighted by Gasteiger charge is -2.17. The van der Waals surface area contributed by atoms with E-state index in [4.69, 9.17) is 4.74 Å². The summed E-state index contributed by atoms with van der Waals surface area (Å²) in [6.45, 7) is 2.02. The van der Waals surface area contributed by atoms with Gasteiger partial charge in [-0.15, -0.1) is 0 Å². The Balaban J connectivity index is 1.85. The Morgan fingerprint density at radius 3 is 2.43 bits per heavy atom. The molecule has 1 aliphatic carbocycles. The van der Waals surface area contributed by atoms with Gasteiger partial charge in [-0.05, 0) is 37.5 Å². The Bertz CT molecular complexity index is 1350. The molecule has 2 aromatic carbocycles. The molecule has 1 unspecified atom stereocenters. The van der Waals surface area contributed by atoms with Gasteiger partial charge in [-0.1, -0.05) is 42.5 Å². The van der Waals surface area contributed by atoms with Gasteiger partial charge in [-0.2, -0.15) is 0 Å². The lowest BCUT2D eigenvalue weighted by Crippen LogP contribution is -2.39. The second-order valence-electron chi connectivity index (χ2n) is 7.61. The molecule has 1 fully saturated rings. The van der Waals surface area contributed by atoms with Crippen molar-refractivity contribution in [3.8, 4) is 11.4 Å². The van der Waals surface area contributed by atoms with Crippen LogP contribution >= 0.6 is 0 Å². The minimum Gasteiger partial charge on any atom is -0.495 e. The average molecular weight is 402 g/mol. The van der Waals surface area contributed by atoms with Crippen LogP contribution in [0.2, 0.25) is 0 Å². The van der Waals surface area contributed by atoms with Crippen molar-refractivity contribution in [2.24, 2.45) is 0 Å². The highest BCUT2D eigenvalue weighted by atomic mass is 16.5. The van der Waals surface area contributed by atoms with E-state index in [0.717, 1.165) is 18.4 Å². The standard InChI is InChI=1S/C23H22N4O3/c1-15(16-8-4-3-5-9-16)25-14-24-21-20(25)22(28)26(17-12-13-17)23(29)27(21)18-10-6-7-11-19(18)30-2/h3-11,14-15,17H,12-13H2,1-2H3. The summed E-state index contributed by atoms with van der Waals surface area (Å²) in [7, 11) is 1.56. The Labute approximate surface area is 172 Å². The molecule has 0 saturated heterocycles. The number of para-hydroxylation sites is 2. The SMILES string of the molecule is COc1ccccc1-n1c(=O)n(C2CC2)c(=O)c2c1ncn2C(C)c1ccccc1. The highest BCUT2D eigenvalue weighted by Crippen LogP contribution is 2.33. The molecule has 1 atom stereocenters. The highest BCUT2D eigenvalue weighted by molar-refractivity contribution is 5.74. The van der Waals surface area contributed by atoms with Crippen LogP contribution in [0.4, 0.5) is 0 Å². The van der Waals surface area contributed by atoms with Crippen LogP contribution in [0, 0.1) is 0 Å². The number of hydrogen-bond donors (Lipinski definition) is 0. The van der Waals surface area contributed by atoms with Gasteiger partial charge in [0.1, 0.15) is 5.75 Å². The molecular formula is C23H22N4O3. The third kappa shape index (κ3) is 2.77. The predicted octanol–water partition coefficient (Wildman–Crippen LogP) is 3.30. The minimum atomic E-state index is -0.378. The maximum Gasteiger partial charge on any atom is 0.337 e. The van der Waals surface area contributed by atoms with E-state index in [0.29, 0.717) is 22.6 Å². The van der Waals surface area contributed by atoms with Crippen molar-refractivity contribution in [2.45, 2.75) is 31.8 Å². The van der Waals surface area contributed by atoms with Gasteiger partial charge in [-0.3, -0.25) is 9.36 Å². The predicted molar refractivity (Wildman–Crippen MR) is 115 cm³/mol. The van der Waals surface area contributed by atoms with Gasteiger partial charge < -0.3 is 9.30 Å². The fourth-order valence-electron chi connectivity index (χ4n) is 3.99. The molecule has 30 heavy (non-hydrogen) atoms. The maximum atomic E-state index is 13.4. The van der Waals surface area contributed by atoms with Crippen molar-refractivity contribution < 1.29 is 4.74 Å². The topological polar surface area (TPSA) is 71.1 Å². The zero-order valence-electron chi connectivity index (χ0n) is 16.9. The van der Waals surface area contributed by atoms with Crippen LogP contribution in [0.5, 0.6) is 5.75 Å². The summed E-state index contributed by atoms with van der Waals surface area (Å²) >= 11 is 0. The monoisotopic (exact) mass is 402 g/mol. The molecule has 0 spiro atoms. The molecule has 0 N–H and O–H groups in total. The minimum absolute atomic E-state index is 0.0641. The van der Waals surface area contributed by atoms with E-state index >= 15 is 0 Å². The van der Waals surface area contributed by atoms with Crippen LogP contribution < -0.4 is 16.0 Å². The Kier molecular flexibility index (Phi) is 4.31. The maximum absolute atomic E-state index is 13.4. The fraction of sp³-hybridized carbons (Fsp3) is 0.261. The number of rotatable bonds is 5. The van der Waals surface area contributed by atoms with E-state index < -0.39 is 0 Å². The summed E-state index contributed by atoms with van der Waals surface area (Å²) in [5, 5.41) is 0. The van der Waals surface area contributed by atoms with E-state index in [1.807, 2.05) is 54.0 Å². The van der Waals surface area contributed by atoms with E-state index in [1.165, 1.54) is 9.13 Å². The quantitative estimate of drug-likeness (QED) is 0.514. The molecule has 7 heteroatoms. The van der Waals surface area contributed by atoms with E-state index in [-0.39, 0.29) is 23.3 Å². The van der Waals surface area contributed by atoms with Gasteiger partial charge in [0.25, 0.3) is 5.56 Å². The summed E-state index contributed by atoms with van der Waals surface area (Å²) in [5.74, 6) is 0.549. The molecule has 5 rings (SSSR count). The van der Waals surface area contributed by atoms with E-state index in [9.17, 15) is 9.59 Å². The van der Waals surface area contributed by atoms with Crippen molar-refractivity contribution >= 4 is 11.2 Å². The first-order valence-electron chi connectivity index (χ1n) is 10.0. The summed E-state index contributed by atoms with van der Waals surface area (Å²) in [4.78, 5) is 31.4. The van der Waals surface area contributed by atoms with Gasteiger partial charge in [0.2, 0.25) is 0 Å². The molecule has 0 amide bonds. The highest BCUT2D eigenvalue weighted by Gasteiger charge is 2.31.